The maximum absolute atomic E-state index is 10.5. The van der Waals surface area contributed by atoms with Crippen LogP contribution in [0, 0.1) is 0 Å². The molecule has 0 saturated carbocycles. The van der Waals surface area contributed by atoms with Gasteiger partial charge in [-0.2, -0.15) is 4.57 Å². The second-order valence-electron chi connectivity index (χ2n) is 6.66. The zero-order valence-electron chi connectivity index (χ0n) is 16.5. The third-order valence-corrected chi connectivity index (χ3v) is 6.05. The number of hydrogen-bond acceptors (Lipinski definition) is 3. The summed E-state index contributed by atoms with van der Waals surface area (Å²) < 4.78 is 3.69. The van der Waals surface area contributed by atoms with Gasteiger partial charge in [0.15, 0.2) is 6.54 Å². The Morgan fingerprint density at radius 3 is 2.52 bits per heavy atom. The number of unbranched alkanes of at least 4 members (excludes halogenated alkanes) is 1. The van der Waals surface area contributed by atoms with Crippen LogP contribution in [0.2, 0.25) is 0 Å². The van der Waals surface area contributed by atoms with Crippen LogP contribution in [0.5, 0.6) is 5.75 Å². The summed E-state index contributed by atoms with van der Waals surface area (Å²) in [6.07, 6.45) is 6.49. The summed E-state index contributed by atoms with van der Waals surface area (Å²) in [5.41, 5.74) is 3.21. The third kappa shape index (κ3) is 4.33. The Bertz CT molecular complexity index is 925. The minimum atomic E-state index is 0.330. The summed E-state index contributed by atoms with van der Waals surface area (Å²) in [4.78, 5) is 2.23. The smallest absolute Gasteiger partial charge is 0.262 e. The molecule has 0 aliphatic heterocycles. The number of benzene rings is 2. The minimum Gasteiger partial charge on any atom is -0.507 e. The Morgan fingerprint density at radius 1 is 1.04 bits per heavy atom. The largest absolute Gasteiger partial charge is 0.507 e. The van der Waals surface area contributed by atoms with E-state index in [1.807, 2.05) is 18.2 Å². The fourth-order valence-corrected chi connectivity index (χ4v) is 4.43. The molecule has 0 aliphatic rings. The lowest BCUT2D eigenvalue weighted by molar-refractivity contribution is -0.669. The SMILES string of the molecule is CCCC[n+]1c(C=Cc2ccc(N(CC)CC)cc2O)sc2ccccc21. The second kappa shape index (κ2) is 9.05. The van der Waals surface area contributed by atoms with Gasteiger partial charge in [-0.1, -0.05) is 36.8 Å². The van der Waals surface area contributed by atoms with Crippen LogP contribution in [0.15, 0.2) is 42.5 Å². The van der Waals surface area contributed by atoms with E-state index < -0.39 is 0 Å². The van der Waals surface area contributed by atoms with Crippen LogP contribution in [-0.2, 0) is 6.54 Å². The molecule has 142 valence electrons. The van der Waals surface area contributed by atoms with Gasteiger partial charge in [0.05, 0.1) is 0 Å². The summed E-state index contributed by atoms with van der Waals surface area (Å²) in [5.74, 6) is 0.330. The molecule has 1 heterocycles. The lowest BCUT2D eigenvalue weighted by Crippen LogP contribution is -2.34. The predicted octanol–water partition coefficient (Wildman–Crippen LogP) is 5.71. The van der Waals surface area contributed by atoms with E-state index in [1.54, 1.807) is 11.3 Å². The number of aromatic hydroxyl groups is 1. The molecule has 0 spiro atoms. The molecular formula is C23H29N2OS+. The first kappa shape index (κ1) is 19.4. The van der Waals surface area contributed by atoms with Gasteiger partial charge in [0, 0.05) is 49.0 Å². The number of hydrogen-bond donors (Lipinski definition) is 1. The predicted molar refractivity (Wildman–Crippen MR) is 118 cm³/mol. The van der Waals surface area contributed by atoms with E-state index in [2.05, 4.69) is 66.6 Å². The number of phenols is 1. The van der Waals surface area contributed by atoms with E-state index in [9.17, 15) is 5.11 Å². The van der Waals surface area contributed by atoms with E-state index in [0.717, 1.165) is 37.3 Å². The molecule has 3 nitrogen and oxygen atoms in total. The Morgan fingerprint density at radius 2 is 1.81 bits per heavy atom. The van der Waals surface area contributed by atoms with Gasteiger partial charge >= 0.3 is 0 Å². The zero-order valence-corrected chi connectivity index (χ0v) is 17.3. The molecule has 0 atom stereocenters. The van der Waals surface area contributed by atoms with Crippen molar-refractivity contribution in [2.45, 2.75) is 40.2 Å². The van der Waals surface area contributed by atoms with E-state index in [1.165, 1.54) is 21.6 Å². The van der Waals surface area contributed by atoms with Crippen LogP contribution in [0.3, 0.4) is 0 Å². The topological polar surface area (TPSA) is 27.4 Å². The first-order valence-corrected chi connectivity index (χ1v) is 10.7. The first-order valence-electron chi connectivity index (χ1n) is 9.85. The van der Waals surface area contributed by atoms with Crippen LogP contribution in [0.25, 0.3) is 22.4 Å². The van der Waals surface area contributed by atoms with E-state index in [4.69, 9.17) is 0 Å². The van der Waals surface area contributed by atoms with Gasteiger partial charge in [-0.25, -0.2) is 0 Å². The number of nitrogens with zero attached hydrogens (tertiary/aromatic N) is 2. The number of thiazole rings is 1. The normalized spacial score (nSPS) is 11.5. The molecule has 0 amide bonds. The maximum atomic E-state index is 10.5. The highest BCUT2D eigenvalue weighted by molar-refractivity contribution is 7.18. The first-order chi connectivity index (χ1) is 13.2. The molecule has 1 aromatic heterocycles. The molecule has 0 saturated heterocycles. The van der Waals surface area contributed by atoms with Crippen LogP contribution < -0.4 is 9.47 Å². The Kier molecular flexibility index (Phi) is 6.51. The van der Waals surface area contributed by atoms with Gasteiger partial charge < -0.3 is 10.0 Å². The van der Waals surface area contributed by atoms with Gasteiger partial charge in [-0.05, 0) is 38.1 Å². The van der Waals surface area contributed by atoms with Crippen molar-refractivity contribution in [1.29, 1.82) is 0 Å². The number of aryl methyl sites for hydroxylation is 1. The lowest BCUT2D eigenvalue weighted by Gasteiger charge is -2.21. The number of aromatic nitrogens is 1. The molecule has 0 unspecified atom stereocenters. The number of fused-ring (bicyclic) bond motifs is 1. The molecule has 0 fully saturated rings. The highest BCUT2D eigenvalue weighted by Gasteiger charge is 2.17. The van der Waals surface area contributed by atoms with Crippen molar-refractivity contribution in [1.82, 2.24) is 0 Å². The van der Waals surface area contributed by atoms with E-state index >= 15 is 0 Å². The molecule has 1 N–H and O–H groups in total. The minimum absolute atomic E-state index is 0.330. The van der Waals surface area contributed by atoms with Crippen molar-refractivity contribution in [3.8, 4) is 5.75 Å². The fraction of sp³-hybridized carbons (Fsp3) is 0.348. The summed E-state index contributed by atoms with van der Waals surface area (Å²) in [6, 6.07) is 14.5. The van der Waals surface area contributed by atoms with Crippen molar-refractivity contribution in [3.63, 3.8) is 0 Å². The molecule has 0 radical (unpaired) electrons. The Labute approximate surface area is 166 Å². The molecule has 0 aliphatic carbocycles. The van der Waals surface area contributed by atoms with Crippen molar-refractivity contribution < 1.29 is 9.67 Å². The molecule has 3 rings (SSSR count). The van der Waals surface area contributed by atoms with Gasteiger partial charge in [-0.15, -0.1) is 0 Å². The van der Waals surface area contributed by atoms with Crippen molar-refractivity contribution in [2.75, 3.05) is 18.0 Å². The number of phenolic OH excluding ortho intramolecular Hbond substituents is 1. The quantitative estimate of drug-likeness (QED) is 0.506. The van der Waals surface area contributed by atoms with E-state index in [-0.39, 0.29) is 0 Å². The molecule has 2 aromatic carbocycles. The zero-order chi connectivity index (χ0) is 19.2. The standard InChI is InChI=1S/C23H28N2OS/c1-4-7-16-25-20-10-8-9-11-22(20)27-23(25)15-13-18-12-14-19(17-21(18)26)24(5-2)6-3/h8-15,17H,4-7,16H2,1-3H3/p+1. The fourth-order valence-electron chi connectivity index (χ4n) is 3.34. The summed E-state index contributed by atoms with van der Waals surface area (Å²) in [7, 11) is 0. The summed E-state index contributed by atoms with van der Waals surface area (Å²) >= 11 is 1.80. The average molecular weight is 382 g/mol. The number of para-hydroxylation sites is 1. The lowest BCUT2D eigenvalue weighted by atomic mass is 10.1. The number of anilines is 1. The molecule has 0 bridgehead atoms. The molecular weight excluding hydrogens is 352 g/mol. The van der Waals surface area contributed by atoms with Gasteiger partial charge in [0.25, 0.3) is 5.01 Å². The maximum Gasteiger partial charge on any atom is 0.262 e. The highest BCUT2D eigenvalue weighted by Crippen LogP contribution is 2.27. The van der Waals surface area contributed by atoms with Gasteiger partial charge in [0.2, 0.25) is 5.52 Å². The van der Waals surface area contributed by atoms with Gasteiger partial charge in [0.1, 0.15) is 10.4 Å². The van der Waals surface area contributed by atoms with Crippen molar-refractivity contribution in [2.24, 2.45) is 0 Å². The molecule has 27 heavy (non-hydrogen) atoms. The van der Waals surface area contributed by atoms with Crippen LogP contribution in [-0.4, -0.2) is 18.2 Å². The van der Waals surface area contributed by atoms with E-state index in [0.29, 0.717) is 5.75 Å². The molecule has 3 aromatic rings. The second-order valence-corrected chi connectivity index (χ2v) is 7.72. The van der Waals surface area contributed by atoms with Crippen LogP contribution in [0.1, 0.15) is 44.2 Å². The monoisotopic (exact) mass is 381 g/mol. The molecule has 4 heteroatoms. The highest BCUT2D eigenvalue weighted by atomic mass is 32.1. The van der Waals surface area contributed by atoms with Gasteiger partial charge in [-0.3, -0.25) is 0 Å². The van der Waals surface area contributed by atoms with Crippen molar-refractivity contribution >= 4 is 39.4 Å². The Balaban J connectivity index is 1.91. The summed E-state index contributed by atoms with van der Waals surface area (Å²) in [6.45, 7) is 9.37. The number of rotatable bonds is 8. The Hall–Kier alpha value is -2.33. The van der Waals surface area contributed by atoms with Crippen LogP contribution >= 0.6 is 11.3 Å². The van der Waals surface area contributed by atoms with Crippen LogP contribution in [0.4, 0.5) is 5.69 Å². The average Bonchev–Trinajstić information content (AvgIpc) is 3.04. The van der Waals surface area contributed by atoms with Crippen molar-refractivity contribution in [3.05, 3.63) is 53.0 Å². The third-order valence-electron chi connectivity index (χ3n) is 4.92. The summed E-state index contributed by atoms with van der Waals surface area (Å²) in [5, 5.41) is 11.7.